The number of ether oxygens (including phenoxy) is 1. The summed E-state index contributed by atoms with van der Waals surface area (Å²) >= 11 is 7.32. The number of hydrogen-bond acceptors (Lipinski definition) is 7. The molecule has 2 N–H and O–H groups in total. The molecule has 1 fully saturated rings. The van der Waals surface area contributed by atoms with Gasteiger partial charge in [-0.25, -0.2) is 8.42 Å². The van der Waals surface area contributed by atoms with Crippen LogP contribution in [0.3, 0.4) is 0 Å². The van der Waals surface area contributed by atoms with E-state index in [0.29, 0.717) is 28.0 Å². The van der Waals surface area contributed by atoms with Crippen LogP contribution in [-0.2, 0) is 10.0 Å². The molecule has 2 unspecified atom stereocenters. The van der Waals surface area contributed by atoms with Crippen molar-refractivity contribution in [3.63, 3.8) is 0 Å². The first-order chi connectivity index (χ1) is 18.2. The predicted octanol–water partition coefficient (Wildman–Crippen LogP) is 5.69. The highest BCUT2D eigenvalue weighted by Gasteiger charge is 2.42. The molecule has 0 bridgehead atoms. The maximum atomic E-state index is 12.0. The lowest BCUT2D eigenvalue weighted by Crippen LogP contribution is -2.29. The fourth-order valence-corrected chi connectivity index (χ4v) is 6.00. The van der Waals surface area contributed by atoms with Crippen LogP contribution in [0.5, 0.6) is 5.75 Å². The van der Waals surface area contributed by atoms with Gasteiger partial charge in [0.15, 0.2) is 10.2 Å². The lowest BCUT2D eigenvalue weighted by molar-refractivity contribution is 0.383. The van der Waals surface area contributed by atoms with Crippen molar-refractivity contribution < 1.29 is 17.6 Å². The summed E-state index contributed by atoms with van der Waals surface area (Å²) in [5, 5.41) is 4.60. The molecule has 3 heterocycles. The fourth-order valence-electron chi connectivity index (χ4n) is 4.32. The first kappa shape index (κ1) is 26.1. The lowest BCUT2D eigenvalue weighted by Gasteiger charge is -2.27. The summed E-state index contributed by atoms with van der Waals surface area (Å²) in [5.41, 5.74) is 2.97. The van der Waals surface area contributed by atoms with E-state index >= 15 is 0 Å². The minimum absolute atomic E-state index is 0.305. The van der Waals surface area contributed by atoms with Gasteiger partial charge in [-0.2, -0.15) is 0 Å². The van der Waals surface area contributed by atoms with Crippen LogP contribution >= 0.6 is 24.0 Å². The lowest BCUT2D eigenvalue weighted by atomic mass is 10.0. The summed E-state index contributed by atoms with van der Waals surface area (Å²) in [7, 11) is -2.05. The molecule has 2 aromatic carbocycles. The van der Waals surface area contributed by atoms with Crippen LogP contribution in [0.25, 0.3) is 0 Å². The van der Waals surface area contributed by atoms with E-state index in [-0.39, 0.29) is 12.1 Å². The molecule has 1 aliphatic rings. The van der Waals surface area contributed by atoms with Crippen LogP contribution in [0, 0.1) is 6.92 Å². The van der Waals surface area contributed by atoms with Gasteiger partial charge >= 0.3 is 0 Å². The van der Waals surface area contributed by atoms with Crippen LogP contribution in [0.1, 0.15) is 29.1 Å². The van der Waals surface area contributed by atoms with Crippen molar-refractivity contribution in [2.24, 2.45) is 0 Å². The molecule has 0 radical (unpaired) electrons. The number of rotatable bonds is 8. The Morgan fingerprint density at radius 1 is 1.11 bits per heavy atom. The maximum Gasteiger partial charge on any atom is 0.229 e. The summed E-state index contributed by atoms with van der Waals surface area (Å²) in [6, 6.07) is 22.4. The average Bonchev–Trinajstić information content (AvgIpc) is 3.49. The number of benzene rings is 2. The number of methoxy groups -OCH3 is 1. The van der Waals surface area contributed by atoms with Crippen molar-refractivity contribution in [1.29, 1.82) is 0 Å². The van der Waals surface area contributed by atoms with E-state index in [1.807, 2.05) is 41.3 Å². The van der Waals surface area contributed by atoms with E-state index in [1.165, 1.54) is 24.4 Å². The molecule has 0 saturated carbocycles. The summed E-state index contributed by atoms with van der Waals surface area (Å²) in [6.45, 7) is 2.05. The fraction of sp³-hybridized carbons (Fsp3) is 0.185. The quantitative estimate of drug-likeness (QED) is 0.261. The molecule has 38 heavy (non-hydrogen) atoms. The Morgan fingerprint density at radius 3 is 2.58 bits per heavy atom. The zero-order valence-corrected chi connectivity index (χ0v) is 23.4. The number of pyridine rings is 1. The molecule has 4 aromatic rings. The third-order valence-corrected chi connectivity index (χ3v) is 7.82. The Hall–Kier alpha value is -3.54. The number of aryl methyl sites for hydroxylation is 1. The molecule has 1 aliphatic heterocycles. The zero-order chi connectivity index (χ0) is 26.9. The van der Waals surface area contributed by atoms with E-state index in [4.69, 9.17) is 21.4 Å². The monoisotopic (exact) mass is 566 g/mol. The summed E-state index contributed by atoms with van der Waals surface area (Å²) in [5.74, 6) is 1.08. The number of furan rings is 1. The largest absolute Gasteiger partial charge is 0.495 e. The molecule has 0 aliphatic carbocycles. The number of hydrogen-bond donors (Lipinski definition) is 2. The highest BCUT2D eigenvalue weighted by Crippen LogP contribution is 2.44. The van der Waals surface area contributed by atoms with Gasteiger partial charge in [0.1, 0.15) is 17.6 Å². The predicted molar refractivity (Wildman–Crippen MR) is 153 cm³/mol. The Bertz CT molecular complexity index is 1560. The van der Waals surface area contributed by atoms with E-state index in [0.717, 1.165) is 21.9 Å². The number of nitrogens with zero attached hydrogens (tertiary/aromatic N) is 2. The maximum absolute atomic E-state index is 12.0. The third kappa shape index (κ3) is 5.64. The highest BCUT2D eigenvalue weighted by atomic mass is 32.2. The minimum atomic E-state index is -3.54. The van der Waals surface area contributed by atoms with Gasteiger partial charge in [-0.15, -0.1) is 0 Å². The Kier molecular flexibility index (Phi) is 7.33. The standard InChI is InChI=1S/C27H26N4O4S3/c1-17-7-10-19(11-8-17)37-24-14-13-23(35-24)26-25(20-6-4-5-15-28-20)29-27(36)31(26)18-9-12-22(34-2)21(16-18)30-38(3,32)33/h4-16,25-26,30H,1-3H3,(H,29,36). The summed E-state index contributed by atoms with van der Waals surface area (Å²) in [4.78, 5) is 7.56. The van der Waals surface area contributed by atoms with Gasteiger partial charge < -0.3 is 19.4 Å². The highest BCUT2D eigenvalue weighted by molar-refractivity contribution is 7.99. The minimum Gasteiger partial charge on any atom is -0.495 e. The second-order valence-electron chi connectivity index (χ2n) is 8.83. The normalized spacial score (nSPS) is 17.3. The van der Waals surface area contributed by atoms with E-state index < -0.39 is 10.0 Å². The molecule has 11 heteroatoms. The Labute approximate surface area is 231 Å². The first-order valence-electron chi connectivity index (χ1n) is 11.7. The van der Waals surface area contributed by atoms with Crippen molar-refractivity contribution in [3.8, 4) is 5.75 Å². The smallest absolute Gasteiger partial charge is 0.229 e. The van der Waals surface area contributed by atoms with Crippen molar-refractivity contribution in [2.75, 3.05) is 23.0 Å². The number of aromatic nitrogens is 1. The van der Waals surface area contributed by atoms with Crippen LogP contribution in [0.2, 0.25) is 0 Å². The van der Waals surface area contributed by atoms with Gasteiger partial charge in [0.25, 0.3) is 0 Å². The van der Waals surface area contributed by atoms with Gasteiger partial charge in [0.05, 0.1) is 30.8 Å². The van der Waals surface area contributed by atoms with E-state index in [1.54, 1.807) is 18.3 Å². The topological polar surface area (TPSA) is 96.7 Å². The number of sulfonamides is 1. The number of anilines is 2. The van der Waals surface area contributed by atoms with Crippen LogP contribution in [0.4, 0.5) is 11.4 Å². The average molecular weight is 567 g/mol. The first-order valence-corrected chi connectivity index (χ1v) is 14.8. The van der Waals surface area contributed by atoms with Crippen LogP contribution < -0.4 is 19.7 Å². The molecular formula is C27H26N4O4S3. The molecule has 196 valence electrons. The van der Waals surface area contributed by atoms with Crippen molar-refractivity contribution in [3.05, 3.63) is 96.0 Å². The molecule has 2 aromatic heterocycles. The van der Waals surface area contributed by atoms with Crippen molar-refractivity contribution in [2.45, 2.75) is 29.0 Å². The van der Waals surface area contributed by atoms with Crippen molar-refractivity contribution in [1.82, 2.24) is 10.3 Å². The third-order valence-electron chi connectivity index (χ3n) is 5.99. The van der Waals surface area contributed by atoms with Crippen LogP contribution in [0.15, 0.2) is 93.4 Å². The van der Waals surface area contributed by atoms with Crippen molar-refractivity contribution >= 4 is 50.5 Å². The second kappa shape index (κ2) is 10.7. The Morgan fingerprint density at radius 2 is 1.89 bits per heavy atom. The second-order valence-corrected chi connectivity index (χ2v) is 12.0. The van der Waals surface area contributed by atoms with E-state index in [9.17, 15) is 8.42 Å². The molecule has 8 nitrogen and oxygen atoms in total. The van der Waals surface area contributed by atoms with E-state index in [2.05, 4.69) is 46.2 Å². The summed E-state index contributed by atoms with van der Waals surface area (Å²) < 4.78 is 38.3. The van der Waals surface area contributed by atoms with Gasteiger partial charge in [-0.1, -0.05) is 35.5 Å². The molecule has 0 spiro atoms. The molecule has 5 rings (SSSR count). The number of thiocarbonyl (C=S) groups is 1. The molecule has 2 atom stereocenters. The van der Waals surface area contributed by atoms with Crippen LogP contribution in [-0.4, -0.2) is 31.9 Å². The zero-order valence-electron chi connectivity index (χ0n) is 20.9. The number of nitrogens with one attached hydrogen (secondary N) is 2. The van der Waals surface area contributed by atoms with Gasteiger partial charge in [0.2, 0.25) is 10.0 Å². The van der Waals surface area contributed by atoms with Gasteiger partial charge in [-0.3, -0.25) is 9.71 Å². The molecular weight excluding hydrogens is 541 g/mol. The molecule has 0 amide bonds. The molecule has 1 saturated heterocycles. The van der Waals surface area contributed by atoms with Gasteiger partial charge in [0, 0.05) is 16.8 Å². The summed E-state index contributed by atoms with van der Waals surface area (Å²) in [6.07, 6.45) is 2.83. The Balaban J connectivity index is 1.55. The SMILES string of the molecule is COc1ccc(N2C(=S)NC(c3ccccn3)C2c2ccc(Sc3ccc(C)cc3)o2)cc1NS(C)(=O)=O. The van der Waals surface area contributed by atoms with Gasteiger partial charge in [-0.05, 0) is 73.7 Å².